The fourth-order valence-corrected chi connectivity index (χ4v) is 5.60. The average molecular weight is 335 g/mol. The minimum absolute atomic E-state index is 0.0523. The van der Waals surface area contributed by atoms with Gasteiger partial charge >= 0.3 is 0 Å². The van der Waals surface area contributed by atoms with Crippen LogP contribution in [-0.2, 0) is 9.59 Å². The summed E-state index contributed by atoms with van der Waals surface area (Å²) in [6, 6.07) is 0. The molecule has 2 N–H and O–H groups in total. The van der Waals surface area contributed by atoms with E-state index < -0.39 is 0 Å². The van der Waals surface area contributed by atoms with Crippen LogP contribution < -0.4 is 10.6 Å². The fourth-order valence-electron chi connectivity index (χ4n) is 5.60. The van der Waals surface area contributed by atoms with E-state index in [0.29, 0.717) is 24.8 Å². The maximum atomic E-state index is 12.2. The monoisotopic (exact) mass is 334 g/mol. The van der Waals surface area contributed by atoms with Crippen molar-refractivity contribution in [3.63, 3.8) is 0 Å². The van der Waals surface area contributed by atoms with E-state index in [1.165, 1.54) is 38.5 Å². The first-order valence-corrected chi connectivity index (χ1v) is 9.81. The third-order valence-corrected chi connectivity index (χ3v) is 6.37. The van der Waals surface area contributed by atoms with Crippen LogP contribution in [0.15, 0.2) is 0 Å². The lowest BCUT2D eigenvalue weighted by atomic mass is 9.49. The van der Waals surface area contributed by atoms with Crippen LogP contribution in [0.2, 0.25) is 0 Å². The lowest BCUT2D eigenvalue weighted by Crippen LogP contribution is -2.51. The van der Waals surface area contributed by atoms with Gasteiger partial charge in [-0.25, -0.2) is 0 Å². The van der Waals surface area contributed by atoms with Crippen LogP contribution in [0.1, 0.15) is 72.1 Å². The second-order valence-electron chi connectivity index (χ2n) is 9.80. The van der Waals surface area contributed by atoms with Gasteiger partial charge in [-0.05, 0) is 68.1 Å². The van der Waals surface area contributed by atoms with Gasteiger partial charge in [0.15, 0.2) is 0 Å². The van der Waals surface area contributed by atoms with Crippen LogP contribution in [-0.4, -0.2) is 24.9 Å². The molecule has 4 rings (SSSR count). The van der Waals surface area contributed by atoms with E-state index in [4.69, 9.17) is 0 Å². The quantitative estimate of drug-likeness (QED) is 0.733. The summed E-state index contributed by atoms with van der Waals surface area (Å²) in [5, 5.41) is 6.12. The number of carbonyl (C=O) groups is 2. The second kappa shape index (κ2) is 6.68. The van der Waals surface area contributed by atoms with Crippen LogP contribution in [0.3, 0.4) is 0 Å². The van der Waals surface area contributed by atoms with Crippen molar-refractivity contribution < 1.29 is 9.59 Å². The fraction of sp³-hybridized carbons (Fsp3) is 0.900. The maximum Gasteiger partial charge on any atom is 0.225 e. The second-order valence-corrected chi connectivity index (χ2v) is 9.80. The molecule has 4 fully saturated rings. The number of nitrogens with one attached hydrogen (secondary N) is 2. The Labute approximate surface area is 146 Å². The molecule has 0 aromatic carbocycles. The molecule has 4 bridgehead atoms. The van der Waals surface area contributed by atoms with Crippen molar-refractivity contribution in [2.45, 2.75) is 72.1 Å². The molecule has 4 aliphatic rings. The van der Waals surface area contributed by atoms with Crippen molar-refractivity contribution in [1.29, 1.82) is 0 Å². The van der Waals surface area contributed by atoms with Gasteiger partial charge in [-0.2, -0.15) is 0 Å². The smallest absolute Gasteiger partial charge is 0.225 e. The Hall–Kier alpha value is -1.06. The van der Waals surface area contributed by atoms with E-state index in [9.17, 15) is 9.59 Å². The molecule has 0 spiro atoms. The number of carbonyl (C=O) groups excluding carboxylic acids is 2. The van der Waals surface area contributed by atoms with Crippen molar-refractivity contribution in [1.82, 2.24) is 10.6 Å². The zero-order valence-corrected chi connectivity index (χ0v) is 15.6. The van der Waals surface area contributed by atoms with E-state index in [-0.39, 0.29) is 17.2 Å². The van der Waals surface area contributed by atoms with Gasteiger partial charge in [-0.3, -0.25) is 9.59 Å². The molecule has 0 aliphatic heterocycles. The van der Waals surface area contributed by atoms with E-state index in [1.54, 1.807) is 0 Å². The highest BCUT2D eigenvalue weighted by atomic mass is 16.2. The Morgan fingerprint density at radius 3 is 2.00 bits per heavy atom. The van der Waals surface area contributed by atoms with Crippen LogP contribution in [0, 0.1) is 28.6 Å². The standard InChI is InChI=1S/C20H34N2O2/c1-19(2,3)18(24)21-6-4-5-17(23)22-13-20-10-14-7-15(11-20)9-16(8-14)12-20/h14-16H,4-13H2,1-3H3,(H,21,24)(H,22,23). The Kier molecular flexibility index (Phi) is 4.94. The van der Waals surface area contributed by atoms with Gasteiger partial charge in [0.2, 0.25) is 11.8 Å². The van der Waals surface area contributed by atoms with Crippen molar-refractivity contribution >= 4 is 11.8 Å². The minimum Gasteiger partial charge on any atom is -0.356 e. The van der Waals surface area contributed by atoms with Gasteiger partial charge in [-0.15, -0.1) is 0 Å². The van der Waals surface area contributed by atoms with Crippen LogP contribution in [0.25, 0.3) is 0 Å². The summed E-state index contributed by atoms with van der Waals surface area (Å²) < 4.78 is 0. The van der Waals surface area contributed by atoms with Gasteiger partial charge in [0.05, 0.1) is 0 Å². The van der Waals surface area contributed by atoms with Crippen LogP contribution in [0.4, 0.5) is 0 Å². The molecular formula is C20H34N2O2. The molecule has 0 radical (unpaired) electrons. The van der Waals surface area contributed by atoms with E-state index >= 15 is 0 Å². The highest BCUT2D eigenvalue weighted by Crippen LogP contribution is 2.59. The Morgan fingerprint density at radius 1 is 0.958 bits per heavy atom. The SMILES string of the molecule is CC(C)(C)C(=O)NCCCC(=O)NCC12CC3CC(CC(C3)C1)C2. The number of hydrogen-bond donors (Lipinski definition) is 2. The molecule has 0 atom stereocenters. The van der Waals surface area contributed by atoms with Crippen molar-refractivity contribution in [3.8, 4) is 0 Å². The van der Waals surface area contributed by atoms with E-state index in [1.807, 2.05) is 20.8 Å². The Bertz CT molecular complexity index is 457. The lowest BCUT2D eigenvalue weighted by molar-refractivity contribution is -0.129. The molecule has 0 aromatic rings. The number of hydrogen-bond acceptors (Lipinski definition) is 2. The molecule has 0 unspecified atom stereocenters. The summed E-state index contributed by atoms with van der Waals surface area (Å²) in [7, 11) is 0. The predicted octanol–water partition coefficient (Wildman–Crippen LogP) is 3.26. The van der Waals surface area contributed by atoms with Crippen molar-refractivity contribution in [2.24, 2.45) is 28.6 Å². The number of amides is 2. The van der Waals surface area contributed by atoms with Gasteiger partial charge in [-0.1, -0.05) is 20.8 Å². The first-order valence-electron chi connectivity index (χ1n) is 9.81. The molecule has 0 heterocycles. The van der Waals surface area contributed by atoms with Gasteiger partial charge in [0.1, 0.15) is 0 Å². The van der Waals surface area contributed by atoms with Crippen LogP contribution in [0.5, 0.6) is 0 Å². The molecule has 2 amide bonds. The predicted molar refractivity (Wildman–Crippen MR) is 95.3 cm³/mol. The van der Waals surface area contributed by atoms with Crippen LogP contribution >= 0.6 is 0 Å². The summed E-state index contributed by atoms with van der Waals surface area (Å²) in [5.74, 6) is 2.99. The molecule has 4 saturated carbocycles. The molecule has 4 heteroatoms. The first-order chi connectivity index (χ1) is 11.3. The van der Waals surface area contributed by atoms with Gasteiger partial charge in [0, 0.05) is 24.9 Å². The van der Waals surface area contributed by atoms with Gasteiger partial charge < -0.3 is 10.6 Å². The van der Waals surface area contributed by atoms with Crippen molar-refractivity contribution in [2.75, 3.05) is 13.1 Å². The summed E-state index contributed by atoms with van der Waals surface area (Å²) in [5.41, 5.74) is 0.0472. The lowest BCUT2D eigenvalue weighted by Gasteiger charge is -2.56. The van der Waals surface area contributed by atoms with E-state index in [2.05, 4.69) is 10.6 Å². The Balaban J connectivity index is 1.35. The minimum atomic E-state index is -0.360. The summed E-state index contributed by atoms with van der Waals surface area (Å²) in [6.45, 7) is 7.17. The molecule has 0 aromatic heterocycles. The largest absolute Gasteiger partial charge is 0.356 e. The summed E-state index contributed by atoms with van der Waals surface area (Å²) in [4.78, 5) is 23.9. The van der Waals surface area contributed by atoms with Gasteiger partial charge in [0.25, 0.3) is 0 Å². The Morgan fingerprint density at radius 2 is 1.50 bits per heavy atom. The zero-order valence-electron chi connectivity index (χ0n) is 15.6. The molecule has 136 valence electrons. The normalized spacial score (nSPS) is 34.2. The molecular weight excluding hydrogens is 300 g/mol. The number of rotatable bonds is 6. The third kappa shape index (κ3) is 4.12. The molecule has 0 saturated heterocycles. The summed E-state index contributed by atoms with van der Waals surface area (Å²) in [6.07, 6.45) is 9.57. The maximum absolute atomic E-state index is 12.2. The zero-order chi connectivity index (χ0) is 17.4. The highest BCUT2D eigenvalue weighted by molar-refractivity contribution is 5.81. The summed E-state index contributed by atoms with van der Waals surface area (Å²) >= 11 is 0. The topological polar surface area (TPSA) is 58.2 Å². The highest BCUT2D eigenvalue weighted by Gasteiger charge is 2.50. The van der Waals surface area contributed by atoms with Crippen molar-refractivity contribution in [3.05, 3.63) is 0 Å². The molecule has 4 aliphatic carbocycles. The molecule has 4 nitrogen and oxygen atoms in total. The van der Waals surface area contributed by atoms with E-state index in [0.717, 1.165) is 24.3 Å². The first kappa shape index (κ1) is 17.8. The molecule has 24 heavy (non-hydrogen) atoms. The average Bonchev–Trinajstić information content (AvgIpc) is 2.47. The third-order valence-electron chi connectivity index (χ3n) is 6.37.